The van der Waals surface area contributed by atoms with Gasteiger partial charge >= 0.3 is 0 Å². The van der Waals surface area contributed by atoms with Crippen molar-refractivity contribution in [3.8, 4) is 23.0 Å². The average Bonchev–Trinajstić information content (AvgIpc) is 2.94. The van der Waals surface area contributed by atoms with Crippen LogP contribution in [0.5, 0.6) is 11.6 Å². The summed E-state index contributed by atoms with van der Waals surface area (Å²) in [6, 6.07) is 3.83. The molecule has 0 bridgehead atoms. The Morgan fingerprint density at radius 2 is 2.21 bits per heavy atom. The molecule has 2 aromatic heterocycles. The first-order valence-corrected chi connectivity index (χ1v) is 7.07. The highest BCUT2D eigenvalue weighted by Crippen LogP contribution is 2.39. The fraction of sp³-hybridized carbons (Fsp3) is 0.308. The van der Waals surface area contributed by atoms with E-state index >= 15 is 0 Å². The van der Waals surface area contributed by atoms with Crippen LogP contribution in [0.2, 0.25) is 0 Å². The molecule has 2 aliphatic heterocycles. The van der Waals surface area contributed by atoms with Gasteiger partial charge in [0.2, 0.25) is 5.88 Å². The van der Waals surface area contributed by atoms with Crippen LogP contribution in [0.4, 0.5) is 0 Å². The molecule has 6 heteroatoms. The average molecular weight is 272 g/mol. The van der Waals surface area contributed by atoms with Crippen molar-refractivity contribution in [1.82, 2.24) is 15.2 Å². The number of fused-ring (bicyclic) bond motifs is 2. The van der Waals surface area contributed by atoms with Gasteiger partial charge in [0.05, 0.1) is 24.3 Å². The molecule has 0 aliphatic carbocycles. The Morgan fingerprint density at radius 3 is 3.21 bits per heavy atom. The van der Waals surface area contributed by atoms with Gasteiger partial charge in [-0.3, -0.25) is 0 Å². The molecule has 0 amide bonds. The summed E-state index contributed by atoms with van der Waals surface area (Å²) in [4.78, 5) is 5.35. The van der Waals surface area contributed by atoms with Crippen LogP contribution in [0.25, 0.3) is 11.4 Å². The molecule has 4 rings (SSSR count). The summed E-state index contributed by atoms with van der Waals surface area (Å²) >= 11 is 1.75. The molecule has 0 N–H and O–H groups in total. The highest BCUT2D eigenvalue weighted by molar-refractivity contribution is 7.99. The number of nitrogens with zero attached hydrogens (tertiary/aromatic N) is 3. The maximum absolute atomic E-state index is 5.73. The number of pyridine rings is 1. The Hall–Kier alpha value is -1.82. The molecule has 2 aliphatic rings. The van der Waals surface area contributed by atoms with Crippen molar-refractivity contribution in [2.45, 2.75) is 11.3 Å². The van der Waals surface area contributed by atoms with Gasteiger partial charge < -0.3 is 9.47 Å². The zero-order chi connectivity index (χ0) is 12.7. The van der Waals surface area contributed by atoms with Gasteiger partial charge in [-0.15, -0.1) is 22.0 Å². The number of hydrogen-bond acceptors (Lipinski definition) is 6. The zero-order valence-corrected chi connectivity index (χ0v) is 10.9. The summed E-state index contributed by atoms with van der Waals surface area (Å²) in [7, 11) is 0. The normalized spacial score (nSPS) is 16.2. The van der Waals surface area contributed by atoms with Gasteiger partial charge in [0.15, 0.2) is 5.75 Å². The van der Waals surface area contributed by atoms with Crippen LogP contribution >= 0.6 is 11.8 Å². The van der Waals surface area contributed by atoms with Crippen LogP contribution in [-0.4, -0.2) is 34.1 Å². The Bertz CT molecular complexity index is 648. The molecule has 0 saturated carbocycles. The summed E-state index contributed by atoms with van der Waals surface area (Å²) in [5.41, 5.74) is 2.51. The van der Waals surface area contributed by atoms with E-state index in [9.17, 15) is 0 Å². The quantitative estimate of drug-likeness (QED) is 0.788. The van der Waals surface area contributed by atoms with Crippen LogP contribution in [-0.2, 0) is 6.42 Å². The van der Waals surface area contributed by atoms with Gasteiger partial charge in [0.1, 0.15) is 11.4 Å². The van der Waals surface area contributed by atoms with Crippen molar-refractivity contribution in [1.29, 1.82) is 0 Å². The lowest BCUT2D eigenvalue weighted by Gasteiger charge is -2.18. The SMILES string of the molecule is [c]1cc2c(c(-c3cc4c(nn3)OCC4)n1)OCCS2. The molecule has 0 fully saturated rings. The van der Waals surface area contributed by atoms with Crippen LogP contribution in [0.3, 0.4) is 0 Å². The van der Waals surface area contributed by atoms with Crippen molar-refractivity contribution >= 4 is 11.8 Å². The predicted octanol–water partition coefficient (Wildman–Crippen LogP) is 1.76. The maximum Gasteiger partial charge on any atom is 0.236 e. The van der Waals surface area contributed by atoms with E-state index in [-0.39, 0.29) is 0 Å². The Morgan fingerprint density at radius 1 is 1.21 bits per heavy atom. The third-order valence-corrected chi connectivity index (χ3v) is 4.07. The van der Waals surface area contributed by atoms with Crippen molar-refractivity contribution in [3.63, 3.8) is 0 Å². The zero-order valence-electron chi connectivity index (χ0n) is 10.0. The summed E-state index contributed by atoms with van der Waals surface area (Å²) < 4.78 is 11.1. The topological polar surface area (TPSA) is 57.1 Å². The second-order valence-corrected chi connectivity index (χ2v) is 5.42. The molecule has 0 spiro atoms. The molecule has 1 radical (unpaired) electrons. The van der Waals surface area contributed by atoms with Crippen LogP contribution in [0.15, 0.2) is 17.0 Å². The molecule has 5 nitrogen and oxygen atoms in total. The summed E-state index contributed by atoms with van der Waals surface area (Å²) in [6.45, 7) is 1.37. The lowest BCUT2D eigenvalue weighted by atomic mass is 10.1. The fourth-order valence-electron chi connectivity index (χ4n) is 2.20. The summed E-state index contributed by atoms with van der Waals surface area (Å²) in [5, 5.41) is 8.28. The predicted molar refractivity (Wildman–Crippen MR) is 69.5 cm³/mol. The molecule has 4 heterocycles. The van der Waals surface area contributed by atoms with Gasteiger partial charge in [-0.05, 0) is 12.1 Å². The van der Waals surface area contributed by atoms with Gasteiger partial charge in [-0.2, -0.15) is 0 Å². The van der Waals surface area contributed by atoms with Gasteiger partial charge in [-0.25, -0.2) is 4.98 Å². The molecular weight excluding hydrogens is 262 g/mol. The molecule has 0 atom stereocenters. The molecule has 0 saturated heterocycles. The van der Waals surface area contributed by atoms with Crippen molar-refractivity contribution < 1.29 is 9.47 Å². The summed E-state index contributed by atoms with van der Waals surface area (Å²) in [6.07, 6.45) is 3.77. The number of hydrogen-bond donors (Lipinski definition) is 0. The third-order valence-electron chi connectivity index (χ3n) is 3.09. The highest BCUT2D eigenvalue weighted by atomic mass is 32.2. The monoisotopic (exact) mass is 272 g/mol. The first-order chi connectivity index (χ1) is 9.42. The van der Waals surface area contributed by atoms with Crippen molar-refractivity contribution in [2.75, 3.05) is 19.0 Å². The first-order valence-electron chi connectivity index (χ1n) is 6.08. The van der Waals surface area contributed by atoms with E-state index in [4.69, 9.17) is 9.47 Å². The smallest absolute Gasteiger partial charge is 0.236 e. The van der Waals surface area contributed by atoms with E-state index in [0.29, 0.717) is 24.8 Å². The van der Waals surface area contributed by atoms with Crippen LogP contribution in [0.1, 0.15) is 5.56 Å². The van der Waals surface area contributed by atoms with Gasteiger partial charge in [0, 0.05) is 17.7 Å². The minimum Gasteiger partial charge on any atom is -0.489 e. The van der Waals surface area contributed by atoms with Crippen molar-refractivity contribution in [2.24, 2.45) is 0 Å². The Labute approximate surface area is 114 Å². The molecule has 0 unspecified atom stereocenters. The minimum absolute atomic E-state index is 0.632. The van der Waals surface area contributed by atoms with E-state index < -0.39 is 0 Å². The second-order valence-electron chi connectivity index (χ2n) is 4.28. The van der Waals surface area contributed by atoms with E-state index in [2.05, 4.69) is 21.4 Å². The Kier molecular flexibility index (Phi) is 2.55. The Balaban J connectivity index is 1.84. The van der Waals surface area contributed by atoms with Crippen LogP contribution in [0, 0.1) is 6.20 Å². The van der Waals surface area contributed by atoms with Crippen LogP contribution < -0.4 is 9.47 Å². The lowest BCUT2D eigenvalue weighted by Crippen LogP contribution is -2.09. The summed E-state index contributed by atoms with van der Waals surface area (Å²) in [5.74, 6) is 2.38. The number of rotatable bonds is 1. The maximum atomic E-state index is 5.73. The van der Waals surface area contributed by atoms with E-state index in [1.807, 2.05) is 12.1 Å². The molecule has 95 valence electrons. The first kappa shape index (κ1) is 11.0. The van der Waals surface area contributed by atoms with E-state index in [1.165, 1.54) is 0 Å². The fourth-order valence-corrected chi connectivity index (χ4v) is 3.01. The number of aromatic nitrogens is 3. The minimum atomic E-state index is 0.632. The highest BCUT2D eigenvalue weighted by Gasteiger charge is 2.21. The second kappa shape index (κ2) is 4.38. The molecular formula is C13H10N3O2S. The largest absolute Gasteiger partial charge is 0.489 e. The lowest BCUT2D eigenvalue weighted by molar-refractivity contribution is 0.329. The molecule has 19 heavy (non-hydrogen) atoms. The van der Waals surface area contributed by atoms with Gasteiger partial charge in [-0.1, -0.05) is 0 Å². The van der Waals surface area contributed by atoms with E-state index in [0.717, 1.165) is 34.1 Å². The van der Waals surface area contributed by atoms with E-state index in [1.54, 1.807) is 11.8 Å². The molecule has 2 aromatic rings. The number of ether oxygens (including phenoxy) is 2. The third kappa shape index (κ3) is 1.83. The standard InChI is InChI=1S/C13H10N3O2S/c1-3-14-11(12-10(1)19-6-5-17-12)9-7-8-2-4-18-13(8)16-15-9/h1,7H,2,4-6H2. The molecule has 0 aromatic carbocycles. The van der Waals surface area contributed by atoms with Gasteiger partial charge in [0.25, 0.3) is 0 Å². The van der Waals surface area contributed by atoms with Crippen molar-refractivity contribution in [3.05, 3.63) is 23.9 Å². The number of thioether (sulfide) groups is 1.